The van der Waals surface area contributed by atoms with E-state index in [2.05, 4.69) is 26.2 Å². The van der Waals surface area contributed by atoms with Crippen LogP contribution in [0, 0.1) is 12.3 Å². The topological polar surface area (TPSA) is 105 Å². The first kappa shape index (κ1) is 15.3. The van der Waals surface area contributed by atoms with Crippen molar-refractivity contribution >= 4 is 17.0 Å². The molecule has 0 spiro atoms. The Morgan fingerprint density at radius 3 is 2.71 bits per heavy atom. The molecule has 8 nitrogen and oxygen atoms in total. The Labute approximate surface area is 138 Å². The van der Waals surface area contributed by atoms with E-state index < -0.39 is 24.5 Å². The van der Waals surface area contributed by atoms with Crippen molar-refractivity contribution in [3.05, 3.63) is 12.7 Å². The molecule has 0 bridgehead atoms. The first-order chi connectivity index (χ1) is 11.7. The van der Waals surface area contributed by atoms with Crippen LogP contribution in [0.5, 0.6) is 0 Å². The van der Waals surface area contributed by atoms with Gasteiger partial charge >= 0.3 is 0 Å². The van der Waals surface area contributed by atoms with Crippen molar-refractivity contribution in [3.8, 4) is 12.3 Å². The lowest BCUT2D eigenvalue weighted by Crippen LogP contribution is -2.30. The van der Waals surface area contributed by atoms with Crippen LogP contribution in [-0.2, 0) is 4.74 Å². The number of hydrogen-bond acceptors (Lipinski definition) is 7. The highest BCUT2D eigenvalue weighted by Crippen LogP contribution is 2.32. The fourth-order valence-electron chi connectivity index (χ4n) is 3.43. The number of nitrogens with one attached hydrogen (secondary N) is 1. The number of rotatable bonds is 3. The van der Waals surface area contributed by atoms with Gasteiger partial charge in [0.2, 0.25) is 0 Å². The Morgan fingerprint density at radius 2 is 2.00 bits per heavy atom. The van der Waals surface area contributed by atoms with E-state index in [1.165, 1.54) is 25.5 Å². The molecule has 2 aromatic heterocycles. The van der Waals surface area contributed by atoms with Gasteiger partial charge in [-0.3, -0.25) is 4.57 Å². The summed E-state index contributed by atoms with van der Waals surface area (Å²) >= 11 is 0. The molecule has 2 aromatic rings. The Morgan fingerprint density at radius 1 is 1.21 bits per heavy atom. The van der Waals surface area contributed by atoms with Gasteiger partial charge in [-0.2, -0.15) is 0 Å². The third-order valence-electron chi connectivity index (χ3n) is 4.73. The molecule has 4 unspecified atom stereocenters. The van der Waals surface area contributed by atoms with Crippen LogP contribution in [0.25, 0.3) is 11.2 Å². The van der Waals surface area contributed by atoms with E-state index in [4.69, 9.17) is 11.2 Å². The molecule has 8 heteroatoms. The maximum Gasteiger partial charge on any atom is 0.167 e. The number of imidazole rings is 1. The van der Waals surface area contributed by atoms with E-state index >= 15 is 0 Å². The molecule has 0 amide bonds. The van der Waals surface area contributed by atoms with Crippen LogP contribution in [0.3, 0.4) is 0 Å². The fraction of sp³-hybridized carbons (Fsp3) is 0.562. The molecule has 4 atom stereocenters. The second kappa shape index (κ2) is 6.02. The van der Waals surface area contributed by atoms with Crippen LogP contribution in [0.4, 0.5) is 5.82 Å². The molecular weight excluding hydrogens is 310 g/mol. The summed E-state index contributed by atoms with van der Waals surface area (Å²) in [6.45, 7) is 0. The number of anilines is 1. The third kappa shape index (κ3) is 2.41. The number of aliphatic hydroxyl groups is 2. The van der Waals surface area contributed by atoms with Gasteiger partial charge in [-0.25, -0.2) is 15.0 Å². The van der Waals surface area contributed by atoms with Gasteiger partial charge in [0, 0.05) is 6.04 Å². The molecule has 2 fully saturated rings. The van der Waals surface area contributed by atoms with E-state index in [0.29, 0.717) is 23.0 Å². The minimum absolute atomic E-state index is 0.397. The van der Waals surface area contributed by atoms with Crippen molar-refractivity contribution < 1.29 is 14.9 Å². The van der Waals surface area contributed by atoms with E-state index in [1.54, 1.807) is 4.57 Å². The quantitative estimate of drug-likeness (QED) is 0.701. The Kier molecular flexibility index (Phi) is 3.84. The van der Waals surface area contributed by atoms with E-state index in [9.17, 15) is 10.2 Å². The summed E-state index contributed by atoms with van der Waals surface area (Å²) in [5.74, 6) is 3.01. The Bertz CT molecular complexity index is 780. The summed E-state index contributed by atoms with van der Waals surface area (Å²) in [6.07, 6.45) is 8.98. The van der Waals surface area contributed by atoms with Crippen molar-refractivity contribution in [2.75, 3.05) is 5.32 Å². The van der Waals surface area contributed by atoms with Crippen molar-refractivity contribution in [1.29, 1.82) is 0 Å². The molecule has 126 valence electrons. The molecule has 4 rings (SSSR count). The van der Waals surface area contributed by atoms with Gasteiger partial charge < -0.3 is 20.3 Å². The zero-order valence-electron chi connectivity index (χ0n) is 13.0. The lowest BCUT2D eigenvalue weighted by atomic mass is 10.1. The molecule has 0 radical (unpaired) electrons. The fourth-order valence-corrected chi connectivity index (χ4v) is 3.43. The summed E-state index contributed by atoms with van der Waals surface area (Å²) in [4.78, 5) is 12.9. The molecule has 24 heavy (non-hydrogen) atoms. The maximum atomic E-state index is 10.2. The summed E-state index contributed by atoms with van der Waals surface area (Å²) in [7, 11) is 0. The van der Waals surface area contributed by atoms with E-state index in [-0.39, 0.29) is 0 Å². The van der Waals surface area contributed by atoms with Crippen LogP contribution >= 0.6 is 0 Å². The van der Waals surface area contributed by atoms with E-state index in [0.717, 1.165) is 12.8 Å². The van der Waals surface area contributed by atoms with Gasteiger partial charge in [-0.05, 0) is 12.8 Å². The van der Waals surface area contributed by atoms with Crippen LogP contribution < -0.4 is 5.32 Å². The Balaban J connectivity index is 1.67. The smallest absolute Gasteiger partial charge is 0.167 e. The molecule has 1 saturated heterocycles. The number of aliphatic hydroxyl groups excluding tert-OH is 2. The van der Waals surface area contributed by atoms with Crippen molar-refractivity contribution in [2.24, 2.45) is 0 Å². The highest BCUT2D eigenvalue weighted by Gasteiger charge is 2.43. The molecule has 1 saturated carbocycles. The Hall–Kier alpha value is -2.21. The molecule has 2 aliphatic rings. The van der Waals surface area contributed by atoms with Gasteiger partial charge in [-0.15, -0.1) is 6.42 Å². The van der Waals surface area contributed by atoms with Gasteiger partial charge in [0.1, 0.15) is 24.6 Å². The zero-order valence-corrected chi connectivity index (χ0v) is 13.0. The summed E-state index contributed by atoms with van der Waals surface area (Å²) < 4.78 is 7.15. The van der Waals surface area contributed by atoms with Gasteiger partial charge in [0.05, 0.1) is 6.33 Å². The number of hydrogen-bond donors (Lipinski definition) is 3. The highest BCUT2D eigenvalue weighted by molar-refractivity contribution is 5.82. The normalized spacial score (nSPS) is 30.7. The number of aromatic nitrogens is 4. The van der Waals surface area contributed by atoms with Crippen LogP contribution in [0.1, 0.15) is 31.9 Å². The third-order valence-corrected chi connectivity index (χ3v) is 4.73. The largest absolute Gasteiger partial charge is 0.386 e. The number of nitrogens with zero attached hydrogens (tertiary/aromatic N) is 4. The van der Waals surface area contributed by atoms with Crippen molar-refractivity contribution in [2.45, 2.75) is 56.3 Å². The second-order valence-electron chi connectivity index (χ2n) is 6.27. The van der Waals surface area contributed by atoms with Gasteiger partial charge in [0.15, 0.2) is 23.2 Å². The highest BCUT2D eigenvalue weighted by atomic mass is 16.6. The van der Waals surface area contributed by atoms with Crippen LogP contribution in [-0.4, -0.2) is 54.1 Å². The van der Waals surface area contributed by atoms with Gasteiger partial charge in [0.25, 0.3) is 0 Å². The molecule has 1 aliphatic heterocycles. The first-order valence-corrected chi connectivity index (χ1v) is 8.11. The predicted molar refractivity (Wildman–Crippen MR) is 86.0 cm³/mol. The molecule has 0 aromatic carbocycles. The zero-order chi connectivity index (χ0) is 16.7. The number of ether oxygens (including phenoxy) is 1. The first-order valence-electron chi connectivity index (χ1n) is 8.11. The molecular formula is C16H19N5O3. The minimum atomic E-state index is -1.15. The SMILES string of the molecule is C#CC1OC(n2cnc3c(NC4CCCC4)ncnc32)C(O)C1O. The lowest BCUT2D eigenvalue weighted by Gasteiger charge is -2.16. The van der Waals surface area contributed by atoms with Crippen LogP contribution in [0.15, 0.2) is 12.7 Å². The average Bonchev–Trinajstić information content (AvgIpc) is 3.30. The lowest BCUT2D eigenvalue weighted by molar-refractivity contribution is -0.0230. The summed E-state index contributed by atoms with van der Waals surface area (Å²) in [6, 6.07) is 0.397. The molecule has 3 N–H and O–H groups in total. The summed E-state index contributed by atoms with van der Waals surface area (Å²) in [5, 5.41) is 23.6. The molecule has 3 heterocycles. The van der Waals surface area contributed by atoms with Crippen molar-refractivity contribution in [3.63, 3.8) is 0 Å². The van der Waals surface area contributed by atoms with E-state index in [1.807, 2.05) is 0 Å². The van der Waals surface area contributed by atoms with Crippen LogP contribution in [0.2, 0.25) is 0 Å². The van der Waals surface area contributed by atoms with Gasteiger partial charge in [-0.1, -0.05) is 18.8 Å². The second-order valence-corrected chi connectivity index (χ2v) is 6.27. The number of fused-ring (bicyclic) bond motifs is 1. The maximum absolute atomic E-state index is 10.2. The average molecular weight is 329 g/mol. The summed E-state index contributed by atoms with van der Waals surface area (Å²) in [5.41, 5.74) is 1.14. The number of terminal acetylenes is 1. The minimum Gasteiger partial charge on any atom is -0.386 e. The van der Waals surface area contributed by atoms with Crippen molar-refractivity contribution in [1.82, 2.24) is 19.5 Å². The standard InChI is InChI=1S/C16H19N5O3/c1-2-10-12(22)13(23)16(24-10)21-8-19-11-14(17-7-18-15(11)21)20-9-5-3-4-6-9/h1,7-10,12-13,16,22-23H,3-6H2,(H,17,18,20). The monoisotopic (exact) mass is 329 g/mol. The predicted octanol–water partition coefficient (Wildman–Crippen LogP) is 0.433. The molecule has 1 aliphatic carbocycles.